The summed E-state index contributed by atoms with van der Waals surface area (Å²) in [7, 11) is 0. The molecule has 0 spiro atoms. The van der Waals surface area contributed by atoms with Gasteiger partial charge in [-0.05, 0) is 86.6 Å². The number of ketones is 1. The van der Waals surface area contributed by atoms with Crippen LogP contribution in [0.15, 0.2) is 47.3 Å². The zero-order chi connectivity index (χ0) is 53.6. The number of hydrogen-bond acceptors (Lipinski definition) is 13. The van der Waals surface area contributed by atoms with Gasteiger partial charge in [0.2, 0.25) is 35.4 Å². The number of nitrogens with zero attached hydrogens (tertiary/aromatic N) is 3. The highest BCUT2D eigenvalue weighted by atomic mass is 19.1. The highest BCUT2D eigenvalue weighted by molar-refractivity contribution is 6.03. The molecule has 3 aliphatic heterocycles. The number of nitrogens with one attached hydrogen (secondary N) is 4. The summed E-state index contributed by atoms with van der Waals surface area (Å²) in [5.41, 5.74) is 2.47. The highest BCUT2D eigenvalue weighted by Gasteiger charge is 2.46. The lowest BCUT2D eigenvalue weighted by molar-refractivity contribution is -0.172. The number of likely N-dealkylation sites (tertiary alicyclic amines) is 1. The molecule has 4 aromatic rings. The Hall–Kier alpha value is -7.19. The fourth-order valence-electron chi connectivity index (χ4n) is 10.7. The van der Waals surface area contributed by atoms with E-state index >= 15 is 4.39 Å². The molecule has 0 radical (unpaired) electrons. The average Bonchev–Trinajstić information content (AvgIpc) is 3.91. The van der Waals surface area contributed by atoms with Crippen molar-refractivity contribution in [2.45, 2.75) is 141 Å². The Kier molecular flexibility index (Phi) is 17.0. The normalized spacial score (nSPS) is 18.7. The Morgan fingerprint density at radius 3 is 2.43 bits per heavy atom. The number of rotatable bonds is 24. The molecule has 1 aliphatic carbocycles. The Morgan fingerprint density at radius 2 is 1.68 bits per heavy atom. The molecule has 2 aromatic carbocycles. The second kappa shape index (κ2) is 23.6. The molecule has 1 fully saturated rings. The first kappa shape index (κ1) is 54.1. The zero-order valence-electron chi connectivity index (χ0n) is 42.6. The molecule has 0 saturated carbocycles. The van der Waals surface area contributed by atoms with E-state index in [-0.39, 0.29) is 123 Å². The van der Waals surface area contributed by atoms with Crippen LogP contribution < -0.4 is 26.8 Å². The van der Waals surface area contributed by atoms with E-state index in [9.17, 15) is 48.3 Å². The van der Waals surface area contributed by atoms with E-state index in [0.717, 1.165) is 11.1 Å². The van der Waals surface area contributed by atoms with Gasteiger partial charge >= 0.3 is 5.97 Å². The summed E-state index contributed by atoms with van der Waals surface area (Å²) in [6.45, 7) is 4.31. The van der Waals surface area contributed by atoms with Gasteiger partial charge in [-0.25, -0.2) is 14.2 Å². The molecule has 8 rings (SSSR count). The molecule has 6 amide bonds. The lowest BCUT2D eigenvalue weighted by Crippen LogP contribution is -2.44. The monoisotopic (exact) mass is 1030 g/mol. The maximum absolute atomic E-state index is 15.4. The van der Waals surface area contributed by atoms with Crippen LogP contribution in [-0.4, -0.2) is 99.2 Å². The fourth-order valence-corrected chi connectivity index (χ4v) is 10.7. The number of aromatic nitrogens is 2. The van der Waals surface area contributed by atoms with Crippen molar-refractivity contribution < 1.29 is 57.3 Å². The second-order valence-corrected chi connectivity index (χ2v) is 20.0. The molecule has 2 aromatic heterocycles. The summed E-state index contributed by atoms with van der Waals surface area (Å²) < 4.78 is 27.7. The second-order valence-electron chi connectivity index (χ2n) is 20.0. The Labute approximate surface area is 432 Å². The number of benzene rings is 2. The average molecular weight is 1030 g/mol. The van der Waals surface area contributed by atoms with Crippen molar-refractivity contribution in [3.63, 3.8) is 0 Å². The van der Waals surface area contributed by atoms with E-state index < -0.39 is 41.5 Å². The van der Waals surface area contributed by atoms with Crippen molar-refractivity contribution in [3.05, 3.63) is 97.6 Å². The predicted molar refractivity (Wildman–Crippen MR) is 270 cm³/mol. The Bertz CT molecular complexity index is 3000. The SMILES string of the molecule is CC[C@@]1(O)C(=O)OCc2c1cc1n(c2=O)Cc2c-1nc1cc(F)c(C)c3c1c2[C@@H](NC(=O)COCNC(=O)CCC[C@H](Cc1ccccc1)NC(=O)CCC(=O)CNC(=O)CCCCCN1C(=O)CC(C)C1=O)CC3. The van der Waals surface area contributed by atoms with Crippen molar-refractivity contribution in [2.75, 3.05) is 26.4 Å². The van der Waals surface area contributed by atoms with Crippen molar-refractivity contribution >= 4 is 58.1 Å². The lowest BCUT2D eigenvalue weighted by Gasteiger charge is -2.31. The number of aryl methyl sites for hydroxylation is 1. The molecular formula is C55H64FN7O12. The van der Waals surface area contributed by atoms with Crippen LogP contribution >= 0.6 is 0 Å². The van der Waals surface area contributed by atoms with Crippen molar-refractivity contribution in [1.82, 2.24) is 35.7 Å². The molecule has 4 atom stereocenters. The number of esters is 1. The number of pyridine rings is 2. The topological polar surface area (TPSA) is 262 Å². The van der Waals surface area contributed by atoms with Gasteiger partial charge in [0.1, 0.15) is 25.8 Å². The first-order valence-corrected chi connectivity index (χ1v) is 25.9. The van der Waals surface area contributed by atoms with E-state index in [0.29, 0.717) is 96.9 Å². The van der Waals surface area contributed by atoms with E-state index in [1.807, 2.05) is 30.3 Å². The highest BCUT2D eigenvalue weighted by Crippen LogP contribution is 2.46. The standard InChI is InChI=1S/C55H64FN7O12/c1-4-55(73)39-24-43-51-37(27-63(43)53(71)38(39)28-75-54(55)72)50-41(19-18-36-32(3)40(56)25-42(61-51)49(36)50)60-47(68)29-74-30-58-45(66)16-11-14-34(23-33-12-7-5-8-13-33)59-46(67)20-17-35(64)26-57-44(65)15-9-6-10-21-62-48(69)22-31(2)52(62)70/h5,7-8,12-13,24-25,31,34,41,73H,4,6,9-11,14-23,26-30H2,1-3H3,(H,57,65)(H,58,66)(H,59,67)(H,60,68)/t31?,34-,41+,55+/m1/s1. The predicted octanol–water partition coefficient (Wildman–Crippen LogP) is 4.04. The largest absolute Gasteiger partial charge is 0.458 e. The van der Waals surface area contributed by atoms with E-state index in [1.165, 1.54) is 15.5 Å². The van der Waals surface area contributed by atoms with Crippen LogP contribution in [0, 0.1) is 18.7 Å². The van der Waals surface area contributed by atoms with Crippen LogP contribution in [0.4, 0.5) is 4.39 Å². The number of Topliss-reactive ketones (excluding diaryl/α,β-unsaturated/α-hetero) is 1. The van der Waals surface area contributed by atoms with Gasteiger partial charge in [0, 0.05) is 73.2 Å². The van der Waals surface area contributed by atoms with Crippen molar-refractivity contribution in [3.8, 4) is 11.4 Å². The number of ether oxygens (including phenoxy) is 2. The van der Waals surface area contributed by atoms with E-state index in [2.05, 4.69) is 21.3 Å². The zero-order valence-corrected chi connectivity index (χ0v) is 42.6. The van der Waals surface area contributed by atoms with Gasteiger partial charge in [0.25, 0.3) is 5.56 Å². The summed E-state index contributed by atoms with van der Waals surface area (Å²) in [5.74, 6) is -3.64. The van der Waals surface area contributed by atoms with Crippen LogP contribution in [0.25, 0.3) is 22.3 Å². The summed E-state index contributed by atoms with van der Waals surface area (Å²) in [4.78, 5) is 121. The maximum Gasteiger partial charge on any atom is 0.343 e. The summed E-state index contributed by atoms with van der Waals surface area (Å²) >= 11 is 0. The molecule has 1 saturated heterocycles. The number of hydrogen-bond donors (Lipinski definition) is 5. The lowest BCUT2D eigenvalue weighted by atomic mass is 9.81. The minimum Gasteiger partial charge on any atom is -0.458 e. The molecule has 398 valence electrons. The summed E-state index contributed by atoms with van der Waals surface area (Å²) in [6, 6.07) is 11.5. The maximum atomic E-state index is 15.4. The van der Waals surface area contributed by atoms with Crippen LogP contribution in [0.2, 0.25) is 0 Å². The molecule has 5 N–H and O–H groups in total. The molecular weight excluding hydrogens is 970 g/mol. The van der Waals surface area contributed by atoms with Gasteiger partial charge in [-0.15, -0.1) is 0 Å². The third-order valence-corrected chi connectivity index (χ3v) is 14.8. The molecule has 1 unspecified atom stereocenters. The number of aliphatic hydroxyl groups is 1. The minimum atomic E-state index is -2.03. The first-order chi connectivity index (χ1) is 36.0. The number of carbonyl (C=O) groups excluding carboxylic acids is 8. The quantitative estimate of drug-likeness (QED) is 0.0253. The summed E-state index contributed by atoms with van der Waals surface area (Å²) in [5, 5.41) is 23.4. The molecule has 0 bridgehead atoms. The minimum absolute atomic E-state index is 0.0307. The van der Waals surface area contributed by atoms with E-state index in [1.54, 1.807) is 26.8 Å². The smallest absolute Gasteiger partial charge is 0.343 e. The summed E-state index contributed by atoms with van der Waals surface area (Å²) in [6.07, 6.45) is 4.32. The van der Waals surface area contributed by atoms with Gasteiger partial charge in [0.05, 0.1) is 41.6 Å². The number of halogens is 1. The van der Waals surface area contributed by atoms with Gasteiger partial charge in [-0.2, -0.15) is 0 Å². The fraction of sp³-hybridized carbons (Fsp3) is 0.491. The van der Waals surface area contributed by atoms with Crippen LogP contribution in [0.1, 0.15) is 136 Å². The molecule has 5 heterocycles. The molecule has 4 aliphatic rings. The molecule has 20 heteroatoms. The number of unbranched alkanes of at least 4 members (excludes halogenated alkanes) is 2. The van der Waals surface area contributed by atoms with Gasteiger partial charge in [-0.1, -0.05) is 50.6 Å². The third kappa shape index (κ3) is 12.0. The number of fused-ring (bicyclic) bond motifs is 5. The van der Waals surface area contributed by atoms with Crippen molar-refractivity contribution in [2.24, 2.45) is 5.92 Å². The Morgan fingerprint density at radius 1 is 0.920 bits per heavy atom. The van der Waals surface area contributed by atoms with Gasteiger partial charge in [-0.3, -0.25) is 43.3 Å². The number of carbonyl (C=O) groups is 8. The van der Waals surface area contributed by atoms with Gasteiger partial charge in [0.15, 0.2) is 11.4 Å². The third-order valence-electron chi connectivity index (χ3n) is 14.8. The van der Waals surface area contributed by atoms with Crippen LogP contribution in [0.3, 0.4) is 0 Å². The Balaban J connectivity index is 0.787. The van der Waals surface area contributed by atoms with Gasteiger partial charge < -0.3 is 40.4 Å². The molecule has 19 nitrogen and oxygen atoms in total. The number of cyclic esters (lactones) is 1. The number of amides is 6. The molecule has 75 heavy (non-hydrogen) atoms. The van der Waals surface area contributed by atoms with Crippen LogP contribution in [0.5, 0.6) is 0 Å². The van der Waals surface area contributed by atoms with E-state index in [4.69, 9.17) is 14.5 Å². The first-order valence-electron chi connectivity index (χ1n) is 25.9. The van der Waals surface area contributed by atoms with Crippen LogP contribution in [-0.2, 0) is 79.4 Å². The number of imide groups is 1. The van der Waals surface area contributed by atoms with Crippen molar-refractivity contribution in [1.29, 1.82) is 0 Å².